The molecule has 2 aromatic rings. The van der Waals surface area contributed by atoms with Crippen molar-refractivity contribution in [3.63, 3.8) is 0 Å². The molecule has 0 aliphatic heterocycles. The molecule has 0 fully saturated rings. The lowest BCUT2D eigenvalue weighted by molar-refractivity contribution is 0.199. The average Bonchev–Trinajstić information content (AvgIpc) is 2.95. The number of nitrogens with one attached hydrogen (secondary N) is 1. The highest BCUT2D eigenvalue weighted by atomic mass is 35.5. The van der Waals surface area contributed by atoms with Crippen LogP contribution in [0.3, 0.4) is 0 Å². The highest BCUT2D eigenvalue weighted by Crippen LogP contribution is 2.33. The Morgan fingerprint density at radius 1 is 1.29 bits per heavy atom. The molecule has 0 atom stereocenters. The first-order valence-corrected chi connectivity index (χ1v) is 8.17. The predicted molar refractivity (Wildman–Crippen MR) is 88.7 cm³/mol. The van der Waals surface area contributed by atoms with Crippen molar-refractivity contribution in [2.75, 3.05) is 20.3 Å². The van der Waals surface area contributed by atoms with E-state index < -0.39 is 0 Å². The molecule has 1 aromatic heterocycles. The van der Waals surface area contributed by atoms with Crippen LogP contribution in [0.5, 0.6) is 5.75 Å². The van der Waals surface area contributed by atoms with Gasteiger partial charge in [0.2, 0.25) is 0 Å². The van der Waals surface area contributed by atoms with Gasteiger partial charge in [0.1, 0.15) is 12.4 Å². The summed E-state index contributed by atoms with van der Waals surface area (Å²) >= 11 is 14.0. The van der Waals surface area contributed by atoms with Crippen molar-refractivity contribution >= 4 is 34.5 Å². The Morgan fingerprint density at radius 3 is 2.86 bits per heavy atom. The van der Waals surface area contributed by atoms with Crippen molar-refractivity contribution in [2.24, 2.45) is 0 Å². The second kappa shape index (κ2) is 8.61. The summed E-state index contributed by atoms with van der Waals surface area (Å²) in [6.07, 6.45) is 0. The van der Waals surface area contributed by atoms with Gasteiger partial charge in [0.25, 0.3) is 0 Å². The zero-order valence-corrected chi connectivity index (χ0v) is 14.0. The molecular formula is C15H17Cl2NO2S. The molecule has 0 saturated carbocycles. The second-order valence-electron chi connectivity index (χ2n) is 4.41. The molecule has 3 nitrogen and oxygen atoms in total. The molecule has 0 aliphatic carbocycles. The van der Waals surface area contributed by atoms with Crippen LogP contribution in [0.25, 0.3) is 0 Å². The van der Waals surface area contributed by atoms with E-state index in [1.165, 1.54) is 0 Å². The molecule has 0 unspecified atom stereocenters. The Morgan fingerprint density at radius 2 is 2.14 bits per heavy atom. The van der Waals surface area contributed by atoms with Crippen LogP contribution in [-0.4, -0.2) is 20.3 Å². The van der Waals surface area contributed by atoms with E-state index in [9.17, 15) is 0 Å². The molecular weight excluding hydrogens is 329 g/mol. The summed E-state index contributed by atoms with van der Waals surface area (Å²) in [7, 11) is 1.67. The lowest BCUT2D eigenvalue weighted by Gasteiger charge is -2.14. The summed E-state index contributed by atoms with van der Waals surface area (Å²) in [6, 6.07) is 7.60. The number of thiophene rings is 1. The molecule has 1 heterocycles. The number of ether oxygens (including phenoxy) is 2. The first-order valence-electron chi connectivity index (χ1n) is 6.53. The highest BCUT2D eigenvalue weighted by Gasteiger charge is 2.11. The van der Waals surface area contributed by atoms with Crippen LogP contribution in [0.15, 0.2) is 29.6 Å². The monoisotopic (exact) mass is 345 g/mol. The van der Waals surface area contributed by atoms with Gasteiger partial charge in [-0.05, 0) is 23.6 Å². The Balaban J connectivity index is 2.06. The van der Waals surface area contributed by atoms with Crippen molar-refractivity contribution in [3.05, 3.63) is 50.1 Å². The van der Waals surface area contributed by atoms with E-state index in [1.807, 2.05) is 23.6 Å². The van der Waals surface area contributed by atoms with E-state index in [0.29, 0.717) is 35.6 Å². The topological polar surface area (TPSA) is 30.5 Å². The van der Waals surface area contributed by atoms with E-state index in [4.69, 9.17) is 32.7 Å². The van der Waals surface area contributed by atoms with Crippen LogP contribution in [0.1, 0.15) is 10.4 Å². The van der Waals surface area contributed by atoms with Gasteiger partial charge in [0.05, 0.1) is 11.6 Å². The third-order valence-electron chi connectivity index (χ3n) is 2.82. The molecule has 1 N–H and O–H groups in total. The molecule has 21 heavy (non-hydrogen) atoms. The Hall–Kier alpha value is -0.780. The van der Waals surface area contributed by atoms with Crippen molar-refractivity contribution < 1.29 is 9.47 Å². The second-order valence-corrected chi connectivity index (χ2v) is 6.29. The van der Waals surface area contributed by atoms with Gasteiger partial charge in [0.15, 0.2) is 0 Å². The average molecular weight is 346 g/mol. The number of hydrogen-bond donors (Lipinski definition) is 1. The van der Waals surface area contributed by atoms with Crippen LogP contribution >= 0.6 is 34.5 Å². The van der Waals surface area contributed by atoms with Crippen LogP contribution in [0.4, 0.5) is 0 Å². The molecule has 1 aromatic carbocycles. The van der Waals surface area contributed by atoms with Crippen LogP contribution in [0.2, 0.25) is 10.0 Å². The summed E-state index contributed by atoms with van der Waals surface area (Å²) in [5.74, 6) is 0.680. The standard InChI is InChI=1S/C15H17Cl2NO2S/c1-19-5-4-18-9-11-7-12(16)8-14(17)15(11)20-10-13-3-2-6-21-13/h2-3,6-8,18H,4-5,9-10H2,1H3. The lowest BCUT2D eigenvalue weighted by atomic mass is 10.2. The van der Waals surface area contributed by atoms with Gasteiger partial charge in [-0.15, -0.1) is 11.3 Å². The van der Waals surface area contributed by atoms with Gasteiger partial charge in [-0.3, -0.25) is 0 Å². The molecule has 0 saturated heterocycles. The summed E-state index contributed by atoms with van der Waals surface area (Å²) in [6.45, 7) is 2.54. The minimum atomic E-state index is 0.504. The van der Waals surface area contributed by atoms with E-state index in [1.54, 1.807) is 24.5 Å². The largest absolute Gasteiger partial charge is 0.486 e. The third-order valence-corrected chi connectivity index (χ3v) is 4.17. The molecule has 2 rings (SSSR count). The number of hydrogen-bond acceptors (Lipinski definition) is 4. The van der Waals surface area contributed by atoms with Gasteiger partial charge >= 0.3 is 0 Å². The summed E-state index contributed by atoms with van der Waals surface area (Å²) in [5, 5.41) is 6.43. The lowest BCUT2D eigenvalue weighted by Crippen LogP contribution is -2.19. The first kappa shape index (κ1) is 16.6. The van der Waals surface area contributed by atoms with Crippen molar-refractivity contribution in [1.29, 1.82) is 0 Å². The van der Waals surface area contributed by atoms with Crippen molar-refractivity contribution in [3.8, 4) is 5.75 Å². The van der Waals surface area contributed by atoms with E-state index >= 15 is 0 Å². The van der Waals surface area contributed by atoms with Gasteiger partial charge in [-0.2, -0.15) is 0 Å². The zero-order valence-electron chi connectivity index (χ0n) is 11.7. The minimum Gasteiger partial charge on any atom is -0.486 e. The SMILES string of the molecule is COCCNCc1cc(Cl)cc(Cl)c1OCc1cccs1. The van der Waals surface area contributed by atoms with Crippen LogP contribution in [0, 0.1) is 0 Å². The Kier molecular flexibility index (Phi) is 6.80. The van der Waals surface area contributed by atoms with Crippen molar-refractivity contribution in [2.45, 2.75) is 13.2 Å². The fourth-order valence-corrected chi connectivity index (χ4v) is 3.05. The molecule has 0 spiro atoms. The maximum Gasteiger partial charge on any atom is 0.143 e. The molecule has 6 heteroatoms. The zero-order chi connectivity index (χ0) is 15.1. The van der Waals surface area contributed by atoms with Crippen LogP contribution < -0.4 is 10.1 Å². The summed E-state index contributed by atoms with van der Waals surface area (Å²) in [4.78, 5) is 1.15. The highest BCUT2D eigenvalue weighted by molar-refractivity contribution is 7.09. The van der Waals surface area contributed by atoms with E-state index in [-0.39, 0.29) is 0 Å². The molecule has 0 amide bonds. The van der Waals surface area contributed by atoms with Crippen molar-refractivity contribution in [1.82, 2.24) is 5.32 Å². The summed E-state index contributed by atoms with van der Waals surface area (Å²) < 4.78 is 10.9. The number of rotatable bonds is 8. The molecule has 0 radical (unpaired) electrons. The molecule has 0 aliphatic rings. The van der Waals surface area contributed by atoms with Gasteiger partial charge < -0.3 is 14.8 Å². The van der Waals surface area contributed by atoms with Gasteiger partial charge in [0, 0.05) is 35.7 Å². The van der Waals surface area contributed by atoms with E-state index in [2.05, 4.69) is 5.32 Å². The van der Waals surface area contributed by atoms with Crippen LogP contribution in [-0.2, 0) is 17.9 Å². The first-order chi connectivity index (χ1) is 10.2. The molecule has 114 valence electrons. The number of methoxy groups -OCH3 is 1. The normalized spacial score (nSPS) is 10.8. The maximum absolute atomic E-state index is 6.26. The smallest absolute Gasteiger partial charge is 0.143 e. The maximum atomic E-state index is 6.26. The number of benzene rings is 1. The fraction of sp³-hybridized carbons (Fsp3) is 0.333. The van der Waals surface area contributed by atoms with Gasteiger partial charge in [-0.25, -0.2) is 0 Å². The summed E-state index contributed by atoms with van der Waals surface area (Å²) in [5.41, 5.74) is 0.945. The number of halogens is 2. The van der Waals surface area contributed by atoms with Gasteiger partial charge in [-0.1, -0.05) is 29.3 Å². The molecule has 0 bridgehead atoms. The van der Waals surface area contributed by atoms with E-state index in [0.717, 1.165) is 17.0 Å². The third kappa shape index (κ3) is 5.16. The Labute approximate surface area is 138 Å². The minimum absolute atomic E-state index is 0.504. The predicted octanol–water partition coefficient (Wildman–Crippen LogP) is 4.37. The fourth-order valence-electron chi connectivity index (χ4n) is 1.84. The Bertz CT molecular complexity index is 561. The quantitative estimate of drug-likeness (QED) is 0.720.